The number of carbonyl (C=O) groups is 1. The monoisotopic (exact) mass is 313 g/mol. The number of hydrogen-bond donors (Lipinski definition) is 2. The van der Waals surface area contributed by atoms with Crippen LogP contribution in [0.1, 0.15) is 24.3 Å². The highest BCUT2D eigenvalue weighted by atomic mass is 19.1. The Morgan fingerprint density at radius 1 is 1.09 bits per heavy atom. The highest BCUT2D eigenvalue weighted by molar-refractivity contribution is 5.89. The van der Waals surface area contributed by atoms with Crippen LogP contribution in [0.5, 0.6) is 0 Å². The summed E-state index contributed by atoms with van der Waals surface area (Å²) in [6.45, 7) is 1.37. The summed E-state index contributed by atoms with van der Waals surface area (Å²) in [5, 5.41) is 2.80. The predicted molar refractivity (Wildman–Crippen MR) is 89.8 cm³/mol. The summed E-state index contributed by atoms with van der Waals surface area (Å²) < 4.78 is 12.9. The number of carbonyl (C=O) groups excluding carboxylic acids is 1. The Bertz CT molecular complexity index is 679. The molecule has 1 fully saturated rings. The molecule has 2 aromatic rings. The van der Waals surface area contributed by atoms with Gasteiger partial charge in [0.2, 0.25) is 0 Å². The van der Waals surface area contributed by atoms with Gasteiger partial charge < -0.3 is 16.0 Å². The third-order valence-electron chi connectivity index (χ3n) is 4.31. The van der Waals surface area contributed by atoms with Crippen molar-refractivity contribution in [2.75, 3.05) is 24.1 Å². The maximum atomic E-state index is 12.9. The van der Waals surface area contributed by atoms with E-state index in [1.165, 1.54) is 17.7 Å². The van der Waals surface area contributed by atoms with Crippen LogP contribution in [0, 0.1) is 5.82 Å². The molecule has 1 saturated heterocycles. The molecule has 0 atom stereocenters. The molecule has 3 N–H and O–H groups in total. The third-order valence-corrected chi connectivity index (χ3v) is 4.31. The largest absolute Gasteiger partial charge is 0.398 e. The molecule has 1 aliphatic rings. The quantitative estimate of drug-likeness (QED) is 0.828. The number of urea groups is 1. The summed E-state index contributed by atoms with van der Waals surface area (Å²) in [7, 11) is 0. The average Bonchev–Trinajstić information content (AvgIpc) is 2.57. The zero-order valence-electron chi connectivity index (χ0n) is 12.8. The predicted octanol–water partition coefficient (Wildman–Crippen LogP) is 3.82. The van der Waals surface area contributed by atoms with Crippen LogP contribution in [0.4, 0.5) is 20.6 Å². The van der Waals surface area contributed by atoms with Crippen molar-refractivity contribution in [3.8, 4) is 0 Å². The number of hydrogen-bond acceptors (Lipinski definition) is 2. The lowest BCUT2D eigenvalue weighted by atomic mass is 9.88. The van der Waals surface area contributed by atoms with E-state index >= 15 is 0 Å². The van der Waals surface area contributed by atoms with Crippen LogP contribution < -0.4 is 11.1 Å². The summed E-state index contributed by atoms with van der Waals surface area (Å²) >= 11 is 0. The molecule has 0 spiro atoms. The number of halogens is 1. The molecule has 4 nitrogen and oxygen atoms in total. The first-order valence-electron chi connectivity index (χ1n) is 7.79. The van der Waals surface area contributed by atoms with Crippen molar-refractivity contribution in [1.29, 1.82) is 0 Å². The highest BCUT2D eigenvalue weighted by Gasteiger charge is 2.24. The van der Waals surface area contributed by atoms with E-state index < -0.39 is 0 Å². The number of para-hydroxylation sites is 1. The van der Waals surface area contributed by atoms with Crippen molar-refractivity contribution in [2.45, 2.75) is 18.8 Å². The summed E-state index contributed by atoms with van der Waals surface area (Å²) in [6.07, 6.45) is 1.79. The smallest absolute Gasteiger partial charge is 0.321 e. The van der Waals surface area contributed by atoms with Gasteiger partial charge in [0.05, 0.1) is 0 Å². The van der Waals surface area contributed by atoms with Crippen molar-refractivity contribution in [2.24, 2.45) is 0 Å². The van der Waals surface area contributed by atoms with Crippen molar-refractivity contribution >= 4 is 17.4 Å². The lowest BCUT2D eigenvalue weighted by Gasteiger charge is -2.32. The topological polar surface area (TPSA) is 58.4 Å². The van der Waals surface area contributed by atoms with E-state index in [1.807, 2.05) is 18.2 Å². The van der Waals surface area contributed by atoms with E-state index in [0.717, 1.165) is 18.5 Å². The molecule has 2 aromatic carbocycles. The molecule has 0 aromatic heterocycles. The number of nitrogens with two attached hydrogens (primary N) is 1. The highest BCUT2D eigenvalue weighted by Crippen LogP contribution is 2.31. The lowest BCUT2D eigenvalue weighted by molar-refractivity contribution is 0.194. The van der Waals surface area contributed by atoms with Crippen LogP contribution in [-0.4, -0.2) is 24.0 Å². The number of benzene rings is 2. The number of likely N-dealkylation sites (tertiary alicyclic amines) is 1. The normalized spacial score (nSPS) is 15.4. The van der Waals surface area contributed by atoms with Crippen LogP contribution in [0.25, 0.3) is 0 Å². The zero-order valence-corrected chi connectivity index (χ0v) is 12.8. The van der Waals surface area contributed by atoms with E-state index in [0.29, 0.717) is 24.7 Å². The fourth-order valence-electron chi connectivity index (χ4n) is 3.01. The molecule has 1 heterocycles. The molecule has 0 aliphatic carbocycles. The van der Waals surface area contributed by atoms with Gasteiger partial charge in [0.25, 0.3) is 0 Å². The van der Waals surface area contributed by atoms with Gasteiger partial charge in [-0.2, -0.15) is 0 Å². The molecule has 5 heteroatoms. The van der Waals surface area contributed by atoms with E-state index in [9.17, 15) is 9.18 Å². The lowest BCUT2D eigenvalue weighted by Crippen LogP contribution is -2.40. The van der Waals surface area contributed by atoms with Gasteiger partial charge in [0.1, 0.15) is 5.82 Å². The molecule has 23 heavy (non-hydrogen) atoms. The van der Waals surface area contributed by atoms with E-state index in [4.69, 9.17) is 5.73 Å². The second-order valence-electron chi connectivity index (χ2n) is 5.83. The van der Waals surface area contributed by atoms with Crippen molar-refractivity contribution in [3.05, 3.63) is 59.9 Å². The van der Waals surface area contributed by atoms with Gasteiger partial charge in [-0.15, -0.1) is 0 Å². The van der Waals surface area contributed by atoms with Gasteiger partial charge in [0, 0.05) is 24.5 Å². The summed E-state index contributed by atoms with van der Waals surface area (Å²) in [4.78, 5) is 14.0. The number of nitrogens with one attached hydrogen (secondary N) is 1. The fraction of sp³-hybridized carbons (Fsp3) is 0.278. The fourth-order valence-corrected chi connectivity index (χ4v) is 3.01. The molecule has 120 valence electrons. The molecular weight excluding hydrogens is 293 g/mol. The first-order valence-corrected chi connectivity index (χ1v) is 7.79. The number of nitrogen functional groups attached to an aromatic ring is 1. The first-order chi connectivity index (χ1) is 11.1. The standard InChI is InChI=1S/C18H20FN3O/c19-14-5-7-15(8-6-14)21-18(23)22-11-9-13(10-12-22)16-3-1-2-4-17(16)20/h1-8,13H,9-12,20H2,(H,21,23). The van der Waals surface area contributed by atoms with Gasteiger partial charge in [-0.05, 0) is 54.7 Å². The second-order valence-corrected chi connectivity index (χ2v) is 5.83. The number of piperidine rings is 1. The van der Waals surface area contributed by atoms with E-state index in [2.05, 4.69) is 11.4 Å². The summed E-state index contributed by atoms with van der Waals surface area (Å²) in [6, 6.07) is 13.6. The Balaban J connectivity index is 1.57. The van der Waals surface area contributed by atoms with Gasteiger partial charge in [-0.3, -0.25) is 0 Å². The van der Waals surface area contributed by atoms with Crippen molar-refractivity contribution < 1.29 is 9.18 Å². The minimum atomic E-state index is -0.315. The molecule has 3 rings (SSSR count). The second kappa shape index (κ2) is 6.69. The Kier molecular flexibility index (Phi) is 4.46. The van der Waals surface area contributed by atoms with E-state index in [1.54, 1.807) is 17.0 Å². The van der Waals surface area contributed by atoms with Crippen molar-refractivity contribution in [1.82, 2.24) is 4.90 Å². The molecule has 2 amide bonds. The minimum absolute atomic E-state index is 0.143. The number of rotatable bonds is 2. The first kappa shape index (κ1) is 15.3. The molecule has 0 radical (unpaired) electrons. The number of amides is 2. The maximum absolute atomic E-state index is 12.9. The third kappa shape index (κ3) is 3.62. The minimum Gasteiger partial charge on any atom is -0.398 e. The molecular formula is C18H20FN3O. The zero-order chi connectivity index (χ0) is 16.2. The van der Waals surface area contributed by atoms with Crippen LogP contribution >= 0.6 is 0 Å². The maximum Gasteiger partial charge on any atom is 0.321 e. The average molecular weight is 313 g/mol. The van der Waals surface area contributed by atoms with Crippen LogP contribution in [-0.2, 0) is 0 Å². The Labute approximate surface area is 135 Å². The molecule has 0 saturated carbocycles. The van der Waals surface area contributed by atoms with Crippen LogP contribution in [0.2, 0.25) is 0 Å². The van der Waals surface area contributed by atoms with Gasteiger partial charge in [-0.1, -0.05) is 18.2 Å². The van der Waals surface area contributed by atoms with Gasteiger partial charge >= 0.3 is 6.03 Å². The number of nitrogens with zero attached hydrogens (tertiary/aromatic N) is 1. The Morgan fingerprint density at radius 3 is 2.39 bits per heavy atom. The molecule has 0 unspecified atom stereocenters. The molecule has 1 aliphatic heterocycles. The van der Waals surface area contributed by atoms with Gasteiger partial charge in [-0.25, -0.2) is 9.18 Å². The SMILES string of the molecule is Nc1ccccc1C1CCN(C(=O)Nc2ccc(F)cc2)CC1. The van der Waals surface area contributed by atoms with Crippen molar-refractivity contribution in [3.63, 3.8) is 0 Å². The van der Waals surface area contributed by atoms with Crippen LogP contribution in [0.3, 0.4) is 0 Å². The van der Waals surface area contributed by atoms with Gasteiger partial charge in [0.15, 0.2) is 0 Å². The summed E-state index contributed by atoms with van der Waals surface area (Å²) in [5.41, 5.74) is 8.63. The number of anilines is 2. The van der Waals surface area contributed by atoms with E-state index in [-0.39, 0.29) is 11.8 Å². The summed E-state index contributed by atoms with van der Waals surface area (Å²) in [5.74, 6) is 0.0790. The molecule has 0 bridgehead atoms. The Hall–Kier alpha value is -2.56. The Morgan fingerprint density at radius 2 is 1.74 bits per heavy atom. The van der Waals surface area contributed by atoms with Crippen LogP contribution in [0.15, 0.2) is 48.5 Å².